The molecule has 4 aliphatic rings. The standard InChI is InChI=1S/4C34H25N3/c1-34(2)27-19-10-9-17-25(27)30-28(34)21-20-22-16-11-18-26(29(22)30)33-36-31(23-12-5-3-6-13-23)35-32(37-33)24-14-7-4-8-15-24;1-34(2)28-19-10-9-16-27(28)30-25-17-11-18-26(24(25)20-21-29(30)34)33-36-31(22-12-5-3-6-13-22)35-32(37-33)23-14-7-4-8-15-23;1-34(2)28-16-10-9-15-27(28)30-26-19-17-25(21-24(26)18-20-29(30)34)33-36-31(22-11-5-3-6-12-22)35-32(37-33)23-13-7-4-8-14-23;1-34(2)28-16-10-9-15-26(28)30-27-21-25(18-17-22(27)19-20-29(30)34)33-36-31(23-11-5-3-6-12-23)35-32(37-33)24-13-7-4-8-14-24/h4*3-21H,1-2H3. The van der Waals surface area contributed by atoms with Gasteiger partial charge >= 0.3 is 0 Å². The maximum atomic E-state index is 5.05. The largest absolute Gasteiger partial charge is 0.208 e. The SMILES string of the molecule is CC1(C)c2ccccc2-c2c1ccc1c(-c3nc(-c4ccccc4)nc(-c4ccccc4)n3)cccc21.CC1(C)c2ccccc2-c2c1ccc1cc(-c3nc(-c4ccccc4)nc(-c4ccccc4)n3)ccc21.CC1(C)c2ccccc2-c2c1ccc1ccc(-c3nc(-c4ccccc4)nc(-c4ccccc4)n3)cc21.CC1(C)c2ccccc2-c2c1ccc1cccc(-c3nc(-c4ccccc4)nc(-c4ccccc4)n3)c21. The second kappa shape index (κ2) is 37.0. The highest BCUT2D eigenvalue weighted by Gasteiger charge is 2.41. The van der Waals surface area contributed by atoms with E-state index in [4.69, 9.17) is 59.8 Å². The summed E-state index contributed by atoms with van der Waals surface area (Å²) in [6.45, 7) is 18.5. The summed E-state index contributed by atoms with van der Waals surface area (Å²) in [5.41, 5.74) is 33.1. The zero-order valence-electron chi connectivity index (χ0n) is 83.2. The van der Waals surface area contributed by atoms with Crippen molar-refractivity contribution in [3.8, 4) is 181 Å². The lowest BCUT2D eigenvalue weighted by Gasteiger charge is -2.21. The molecule has 0 atom stereocenters. The Morgan fingerprint density at radius 3 is 0.730 bits per heavy atom. The first-order valence-corrected chi connectivity index (χ1v) is 50.6. The molecule has 0 N–H and O–H groups in total. The van der Waals surface area contributed by atoms with E-state index in [0.717, 1.165) is 72.1 Å². The Kier molecular flexibility index (Phi) is 22.7. The lowest BCUT2D eigenvalue weighted by atomic mass is 9.82. The molecule has 0 spiro atoms. The molecular formula is C136H100N12. The van der Waals surface area contributed by atoms with E-state index >= 15 is 0 Å². The van der Waals surface area contributed by atoms with Crippen LogP contribution in [-0.2, 0) is 21.7 Å². The highest BCUT2D eigenvalue weighted by atomic mass is 15.1. The number of fused-ring (bicyclic) bond motifs is 20. The number of rotatable bonds is 12. The third kappa shape index (κ3) is 16.1. The van der Waals surface area contributed by atoms with Crippen LogP contribution in [0.25, 0.3) is 224 Å². The molecule has 4 heterocycles. The fourth-order valence-corrected chi connectivity index (χ4v) is 22.6. The van der Waals surface area contributed by atoms with Crippen LogP contribution >= 0.6 is 0 Å². The van der Waals surface area contributed by atoms with Gasteiger partial charge in [-0.3, -0.25) is 0 Å². The summed E-state index contributed by atoms with van der Waals surface area (Å²) in [5.74, 6) is 8.13. The quantitative estimate of drug-likeness (QED) is 0.114. The predicted molar refractivity (Wildman–Crippen MR) is 605 cm³/mol. The van der Waals surface area contributed by atoms with Gasteiger partial charge in [0, 0.05) is 93.8 Å². The number of nitrogens with zero attached hydrogens (tertiary/aromatic N) is 12. The molecule has 0 fully saturated rings. The fourth-order valence-electron chi connectivity index (χ4n) is 22.6. The molecule has 0 aliphatic heterocycles. The van der Waals surface area contributed by atoms with Gasteiger partial charge < -0.3 is 0 Å². The van der Waals surface area contributed by atoms with Crippen LogP contribution in [0, 0.1) is 0 Å². The smallest absolute Gasteiger partial charge is 0.164 e. The van der Waals surface area contributed by atoms with Crippen molar-refractivity contribution in [2.45, 2.75) is 77.0 Å². The molecule has 0 saturated carbocycles. The molecule has 0 unspecified atom stereocenters. The van der Waals surface area contributed by atoms with Crippen molar-refractivity contribution in [1.29, 1.82) is 0 Å². The summed E-state index contributed by atoms with van der Waals surface area (Å²) in [6.07, 6.45) is 0. The monoisotopic (exact) mass is 1900 g/mol. The molecule has 4 aromatic heterocycles. The van der Waals surface area contributed by atoms with Crippen LogP contribution in [0.1, 0.15) is 99.9 Å². The average Bonchev–Trinajstić information content (AvgIpc) is 1.56. The van der Waals surface area contributed by atoms with E-state index in [1.807, 2.05) is 243 Å². The molecule has 0 radical (unpaired) electrons. The Hall–Kier alpha value is -18.5. The third-order valence-electron chi connectivity index (χ3n) is 30.1. The Morgan fingerprint density at radius 2 is 0.365 bits per heavy atom. The summed E-state index contributed by atoms with van der Waals surface area (Å²) in [6, 6.07) is 160. The van der Waals surface area contributed by atoms with E-state index in [1.54, 1.807) is 0 Å². The van der Waals surface area contributed by atoms with Crippen molar-refractivity contribution in [1.82, 2.24) is 59.8 Å². The van der Waals surface area contributed by atoms with Crippen molar-refractivity contribution < 1.29 is 0 Å². The first-order valence-electron chi connectivity index (χ1n) is 50.6. The van der Waals surface area contributed by atoms with Gasteiger partial charge in [-0.05, 0) is 139 Å². The second-order valence-corrected chi connectivity index (χ2v) is 40.5. The number of benzene rings is 20. The van der Waals surface area contributed by atoms with Crippen LogP contribution < -0.4 is 0 Å². The van der Waals surface area contributed by atoms with Gasteiger partial charge in [-0.2, -0.15) is 0 Å². The minimum absolute atomic E-state index is 0.0117. The molecule has 0 saturated heterocycles. The number of aromatic nitrogens is 12. The van der Waals surface area contributed by atoms with Crippen LogP contribution in [0.15, 0.2) is 461 Å². The van der Waals surface area contributed by atoms with Crippen molar-refractivity contribution in [2.75, 3.05) is 0 Å². The molecule has 24 aromatic rings. The van der Waals surface area contributed by atoms with Crippen molar-refractivity contribution in [3.63, 3.8) is 0 Å². The predicted octanol–water partition coefficient (Wildman–Crippen LogP) is 33.3. The van der Waals surface area contributed by atoms with Crippen LogP contribution in [0.3, 0.4) is 0 Å². The van der Waals surface area contributed by atoms with Gasteiger partial charge in [-0.1, -0.05) is 504 Å². The fraction of sp³-hybridized carbons (Fsp3) is 0.0882. The lowest BCUT2D eigenvalue weighted by Crippen LogP contribution is -2.14. The van der Waals surface area contributed by atoms with Crippen LogP contribution in [-0.4, -0.2) is 59.8 Å². The summed E-state index contributed by atoms with van der Waals surface area (Å²) in [5, 5.41) is 9.67. The molecule has 0 bridgehead atoms. The average molecular weight is 1900 g/mol. The molecule has 4 aliphatic carbocycles. The van der Waals surface area contributed by atoms with Gasteiger partial charge in [0.05, 0.1) is 0 Å². The Balaban J connectivity index is 0.000000103. The summed E-state index contributed by atoms with van der Waals surface area (Å²) >= 11 is 0. The Morgan fingerprint density at radius 1 is 0.128 bits per heavy atom. The van der Waals surface area contributed by atoms with Gasteiger partial charge in [0.25, 0.3) is 0 Å². The van der Waals surface area contributed by atoms with E-state index in [1.165, 1.54) is 127 Å². The van der Waals surface area contributed by atoms with Crippen LogP contribution in [0.5, 0.6) is 0 Å². The van der Waals surface area contributed by atoms with Crippen molar-refractivity contribution in [2.24, 2.45) is 0 Å². The van der Waals surface area contributed by atoms with E-state index in [0.29, 0.717) is 69.9 Å². The zero-order chi connectivity index (χ0) is 99.9. The van der Waals surface area contributed by atoms with E-state index < -0.39 is 0 Å². The summed E-state index contributed by atoms with van der Waals surface area (Å²) in [7, 11) is 0. The molecule has 0 amide bonds. The highest BCUT2D eigenvalue weighted by Crippen LogP contribution is 2.57. The minimum atomic E-state index is -0.0727. The van der Waals surface area contributed by atoms with Crippen molar-refractivity contribution >= 4 is 43.1 Å². The van der Waals surface area contributed by atoms with Gasteiger partial charge in [0.2, 0.25) is 0 Å². The number of hydrogen-bond donors (Lipinski definition) is 0. The van der Waals surface area contributed by atoms with Crippen molar-refractivity contribution in [3.05, 3.63) is 506 Å². The first kappa shape index (κ1) is 90.7. The highest BCUT2D eigenvalue weighted by molar-refractivity contribution is 6.11. The minimum Gasteiger partial charge on any atom is -0.208 e. The maximum absolute atomic E-state index is 5.05. The maximum Gasteiger partial charge on any atom is 0.164 e. The molecular weight excluding hydrogens is 1800 g/mol. The number of hydrogen-bond acceptors (Lipinski definition) is 12. The van der Waals surface area contributed by atoms with Gasteiger partial charge in [0.15, 0.2) is 69.9 Å². The van der Waals surface area contributed by atoms with Gasteiger partial charge in [-0.25, -0.2) is 59.8 Å². The van der Waals surface area contributed by atoms with Gasteiger partial charge in [-0.15, -0.1) is 0 Å². The van der Waals surface area contributed by atoms with E-state index in [2.05, 4.69) is 274 Å². The Bertz CT molecular complexity index is 9000. The first-order chi connectivity index (χ1) is 72.4. The zero-order valence-corrected chi connectivity index (χ0v) is 83.2. The van der Waals surface area contributed by atoms with Gasteiger partial charge in [0.1, 0.15) is 0 Å². The molecule has 148 heavy (non-hydrogen) atoms. The summed E-state index contributed by atoms with van der Waals surface area (Å²) < 4.78 is 0. The Labute approximate surface area is 860 Å². The third-order valence-corrected chi connectivity index (χ3v) is 30.1. The summed E-state index contributed by atoms with van der Waals surface area (Å²) in [4.78, 5) is 59.2. The molecule has 28 rings (SSSR count). The second-order valence-electron chi connectivity index (χ2n) is 40.5. The van der Waals surface area contributed by atoms with Crippen LogP contribution in [0.4, 0.5) is 0 Å². The molecule has 12 heteroatoms. The normalized spacial score (nSPS) is 13.4. The molecule has 12 nitrogen and oxygen atoms in total. The topological polar surface area (TPSA) is 155 Å². The molecule has 704 valence electrons. The van der Waals surface area contributed by atoms with E-state index in [9.17, 15) is 0 Å². The van der Waals surface area contributed by atoms with E-state index in [-0.39, 0.29) is 21.7 Å². The van der Waals surface area contributed by atoms with Crippen LogP contribution in [0.2, 0.25) is 0 Å². The lowest BCUT2D eigenvalue weighted by molar-refractivity contribution is 0.660. The molecule has 20 aromatic carbocycles.